The van der Waals surface area contributed by atoms with Gasteiger partial charge in [-0.05, 0) is 56.9 Å². The monoisotopic (exact) mass is 349 g/mol. The summed E-state index contributed by atoms with van der Waals surface area (Å²) in [5.41, 5.74) is 0.480. The molecule has 0 radical (unpaired) electrons. The van der Waals surface area contributed by atoms with Gasteiger partial charge in [0.25, 0.3) is 0 Å². The van der Waals surface area contributed by atoms with E-state index in [2.05, 4.69) is 10.1 Å². The maximum absolute atomic E-state index is 11.7. The van der Waals surface area contributed by atoms with E-state index in [0.29, 0.717) is 18.0 Å². The van der Waals surface area contributed by atoms with Gasteiger partial charge < -0.3 is 19.5 Å². The first-order valence-corrected chi connectivity index (χ1v) is 8.36. The van der Waals surface area contributed by atoms with E-state index in [1.807, 2.05) is 6.92 Å². The summed E-state index contributed by atoms with van der Waals surface area (Å²) in [6.07, 6.45) is 3.17. The molecule has 7 heteroatoms. The van der Waals surface area contributed by atoms with Gasteiger partial charge in [0.15, 0.2) is 0 Å². The average molecular weight is 349 g/mol. The van der Waals surface area contributed by atoms with Crippen molar-refractivity contribution in [2.24, 2.45) is 5.92 Å². The van der Waals surface area contributed by atoms with E-state index in [4.69, 9.17) is 9.47 Å². The van der Waals surface area contributed by atoms with Gasteiger partial charge in [-0.3, -0.25) is 9.59 Å². The first kappa shape index (κ1) is 18.8. The Balaban J connectivity index is 1.81. The molecule has 1 amide bonds. The summed E-state index contributed by atoms with van der Waals surface area (Å²) in [7, 11) is 1.15. The molecule has 0 bridgehead atoms. The predicted octanol–water partition coefficient (Wildman–Crippen LogP) is 2.30. The third kappa shape index (κ3) is 5.48. The fourth-order valence-electron chi connectivity index (χ4n) is 2.76. The van der Waals surface area contributed by atoms with Crippen LogP contribution in [0.2, 0.25) is 0 Å². The Hall–Kier alpha value is -2.57. The second kappa shape index (κ2) is 9.05. The molecular formula is C18H23NO6. The number of rotatable bonds is 5. The zero-order valence-electron chi connectivity index (χ0n) is 14.4. The predicted molar refractivity (Wildman–Crippen MR) is 90.1 cm³/mol. The zero-order chi connectivity index (χ0) is 18.2. The molecule has 7 nitrogen and oxygen atoms in total. The fraction of sp³-hybridized carbons (Fsp3) is 0.500. The van der Waals surface area contributed by atoms with Gasteiger partial charge in [-0.2, -0.15) is 0 Å². The van der Waals surface area contributed by atoms with Crippen molar-refractivity contribution < 1.29 is 28.6 Å². The Morgan fingerprint density at radius 1 is 1.08 bits per heavy atom. The first-order valence-electron chi connectivity index (χ1n) is 8.36. The Morgan fingerprint density at radius 3 is 2.28 bits per heavy atom. The number of amides is 1. The van der Waals surface area contributed by atoms with Crippen LogP contribution in [0, 0.1) is 5.92 Å². The average Bonchev–Trinajstić information content (AvgIpc) is 2.63. The van der Waals surface area contributed by atoms with E-state index in [1.165, 1.54) is 0 Å². The number of esters is 2. The second-order valence-corrected chi connectivity index (χ2v) is 5.81. The van der Waals surface area contributed by atoms with Crippen LogP contribution in [0.5, 0.6) is 5.75 Å². The number of hydrogen-bond donors (Lipinski definition) is 1. The number of carbonyl (C=O) groups excluding carboxylic acids is 3. The molecule has 1 aliphatic rings. The van der Waals surface area contributed by atoms with Gasteiger partial charge in [0.2, 0.25) is 0 Å². The number of carbonyl (C=O) groups is 3. The van der Waals surface area contributed by atoms with Crippen molar-refractivity contribution in [3.8, 4) is 5.75 Å². The molecule has 1 saturated carbocycles. The van der Waals surface area contributed by atoms with Crippen LogP contribution < -0.4 is 10.1 Å². The maximum Gasteiger partial charge on any atom is 0.396 e. The highest BCUT2D eigenvalue weighted by atomic mass is 16.5. The summed E-state index contributed by atoms with van der Waals surface area (Å²) < 4.78 is 15.3. The van der Waals surface area contributed by atoms with E-state index >= 15 is 0 Å². The van der Waals surface area contributed by atoms with Crippen LogP contribution in [0.25, 0.3) is 0 Å². The van der Waals surface area contributed by atoms with Gasteiger partial charge in [-0.1, -0.05) is 0 Å². The highest BCUT2D eigenvalue weighted by Gasteiger charge is 2.28. The van der Waals surface area contributed by atoms with Gasteiger partial charge in [0.05, 0.1) is 25.7 Å². The van der Waals surface area contributed by atoms with Gasteiger partial charge in [0.1, 0.15) is 5.75 Å². The highest BCUT2D eigenvalue weighted by molar-refractivity contribution is 6.37. The summed E-state index contributed by atoms with van der Waals surface area (Å²) in [6, 6.07) is 6.76. The van der Waals surface area contributed by atoms with Crippen LogP contribution in [-0.4, -0.2) is 37.7 Å². The molecule has 2 rings (SSSR count). The summed E-state index contributed by atoms with van der Waals surface area (Å²) in [5.74, 6) is -1.25. The van der Waals surface area contributed by atoms with Crippen LogP contribution >= 0.6 is 0 Å². The summed E-state index contributed by atoms with van der Waals surface area (Å²) in [6.45, 7) is 2.22. The lowest BCUT2D eigenvalue weighted by Crippen LogP contribution is -2.29. The zero-order valence-corrected chi connectivity index (χ0v) is 14.4. The quantitative estimate of drug-likeness (QED) is 0.648. The van der Waals surface area contributed by atoms with Crippen molar-refractivity contribution in [2.75, 3.05) is 19.0 Å². The van der Waals surface area contributed by atoms with Gasteiger partial charge in [-0.25, -0.2) is 4.79 Å². The third-order valence-corrected chi connectivity index (χ3v) is 4.08. The number of hydrogen-bond acceptors (Lipinski definition) is 6. The van der Waals surface area contributed by atoms with Crippen molar-refractivity contribution in [1.29, 1.82) is 0 Å². The fourth-order valence-corrected chi connectivity index (χ4v) is 2.76. The van der Waals surface area contributed by atoms with E-state index in [1.54, 1.807) is 24.3 Å². The summed E-state index contributed by atoms with van der Waals surface area (Å²) in [5, 5.41) is 2.43. The van der Waals surface area contributed by atoms with Gasteiger partial charge in [-0.15, -0.1) is 0 Å². The molecule has 0 atom stereocenters. The minimum Gasteiger partial charge on any atom is -0.490 e. The van der Waals surface area contributed by atoms with Gasteiger partial charge in [0, 0.05) is 5.69 Å². The normalized spacial score (nSPS) is 19.6. The first-order chi connectivity index (χ1) is 12.0. The molecule has 1 aliphatic carbocycles. The molecule has 0 saturated heterocycles. The van der Waals surface area contributed by atoms with E-state index in [9.17, 15) is 14.4 Å². The number of benzene rings is 1. The highest BCUT2D eigenvalue weighted by Crippen LogP contribution is 2.29. The third-order valence-electron chi connectivity index (χ3n) is 4.08. The van der Waals surface area contributed by atoms with Crippen molar-refractivity contribution >= 4 is 23.5 Å². The smallest absolute Gasteiger partial charge is 0.396 e. The van der Waals surface area contributed by atoms with E-state index < -0.39 is 11.9 Å². The van der Waals surface area contributed by atoms with Crippen molar-refractivity contribution in [1.82, 2.24) is 0 Å². The molecule has 25 heavy (non-hydrogen) atoms. The van der Waals surface area contributed by atoms with Crippen LogP contribution in [0.15, 0.2) is 24.3 Å². The topological polar surface area (TPSA) is 90.9 Å². The lowest BCUT2D eigenvalue weighted by molar-refractivity contribution is -0.150. The lowest BCUT2D eigenvalue weighted by Gasteiger charge is -2.27. The SMILES string of the molecule is CCOC(=O)C1CCC(Oc2ccc(NC(=O)C(=O)OC)cc2)CC1. The second-order valence-electron chi connectivity index (χ2n) is 5.81. The largest absolute Gasteiger partial charge is 0.490 e. The molecule has 1 aromatic rings. The van der Waals surface area contributed by atoms with Crippen LogP contribution in [0.3, 0.4) is 0 Å². The molecule has 136 valence electrons. The van der Waals surface area contributed by atoms with Crippen LogP contribution in [-0.2, 0) is 23.9 Å². The molecule has 0 unspecified atom stereocenters. The minimum absolute atomic E-state index is 0.0318. The molecule has 0 aromatic heterocycles. The molecule has 0 heterocycles. The lowest BCUT2D eigenvalue weighted by atomic mass is 9.87. The summed E-state index contributed by atoms with van der Waals surface area (Å²) in [4.78, 5) is 34.2. The Morgan fingerprint density at radius 2 is 1.72 bits per heavy atom. The van der Waals surface area contributed by atoms with Crippen LogP contribution in [0.1, 0.15) is 32.6 Å². The number of methoxy groups -OCH3 is 1. The van der Waals surface area contributed by atoms with Crippen LogP contribution in [0.4, 0.5) is 5.69 Å². The summed E-state index contributed by atoms with van der Waals surface area (Å²) >= 11 is 0. The number of ether oxygens (including phenoxy) is 3. The maximum atomic E-state index is 11.7. The van der Waals surface area contributed by atoms with E-state index in [0.717, 1.165) is 32.8 Å². The minimum atomic E-state index is -0.946. The van der Waals surface area contributed by atoms with Crippen molar-refractivity contribution in [2.45, 2.75) is 38.7 Å². The number of anilines is 1. The van der Waals surface area contributed by atoms with Crippen molar-refractivity contribution in [3.63, 3.8) is 0 Å². The van der Waals surface area contributed by atoms with E-state index in [-0.39, 0.29) is 18.0 Å². The van der Waals surface area contributed by atoms with Crippen molar-refractivity contribution in [3.05, 3.63) is 24.3 Å². The molecular weight excluding hydrogens is 326 g/mol. The molecule has 1 N–H and O–H groups in total. The molecule has 0 spiro atoms. The Labute approximate surface area is 146 Å². The molecule has 1 fully saturated rings. The number of nitrogens with one attached hydrogen (secondary N) is 1. The standard InChI is InChI=1S/C18H23NO6/c1-3-24-17(21)12-4-8-14(9-5-12)25-15-10-6-13(7-11-15)19-16(20)18(22)23-2/h6-7,10-12,14H,3-5,8-9H2,1-2H3,(H,19,20). The van der Waals surface area contributed by atoms with Gasteiger partial charge >= 0.3 is 17.8 Å². The Kier molecular flexibility index (Phi) is 6.80. The molecule has 1 aromatic carbocycles. The Bertz CT molecular complexity index is 604. The molecule has 0 aliphatic heterocycles.